The van der Waals surface area contributed by atoms with Crippen LogP contribution >= 0.6 is 11.6 Å². The van der Waals surface area contributed by atoms with Gasteiger partial charge in [-0.05, 0) is 42.5 Å². The number of rotatable bonds is 8. The van der Waals surface area contributed by atoms with Gasteiger partial charge in [-0.15, -0.1) is 0 Å². The van der Waals surface area contributed by atoms with Gasteiger partial charge in [0.2, 0.25) is 5.91 Å². The number of amides is 1. The van der Waals surface area contributed by atoms with Gasteiger partial charge in [0.1, 0.15) is 29.6 Å². The Kier molecular flexibility index (Phi) is 7.71. The third-order valence-electron chi connectivity index (χ3n) is 7.60. The van der Waals surface area contributed by atoms with Gasteiger partial charge in [0, 0.05) is 55.5 Å². The highest BCUT2D eigenvalue weighted by Gasteiger charge is 2.40. The molecule has 9 heteroatoms. The maximum Gasteiger partial charge on any atom is 0.285 e. The molecule has 8 nitrogen and oxygen atoms in total. The van der Waals surface area contributed by atoms with Crippen molar-refractivity contribution in [2.24, 2.45) is 0 Å². The Bertz CT molecular complexity index is 1430. The van der Waals surface area contributed by atoms with Gasteiger partial charge in [-0.3, -0.25) is 10.1 Å². The molecule has 4 heterocycles. The number of furan rings is 2. The van der Waals surface area contributed by atoms with Gasteiger partial charge in [0.15, 0.2) is 0 Å². The fourth-order valence-corrected chi connectivity index (χ4v) is 5.60. The highest BCUT2D eigenvalue weighted by atomic mass is 35.5. The molecular formula is C31H32ClN3O5. The first-order chi connectivity index (χ1) is 19.6. The highest BCUT2D eigenvalue weighted by molar-refractivity contribution is 6.30. The molecule has 0 unspecified atom stereocenters. The molecule has 40 heavy (non-hydrogen) atoms. The Balaban J connectivity index is 1.07. The van der Waals surface area contributed by atoms with E-state index in [1.54, 1.807) is 18.4 Å². The van der Waals surface area contributed by atoms with E-state index in [-0.39, 0.29) is 24.8 Å². The molecule has 1 N–H and O–H groups in total. The van der Waals surface area contributed by atoms with Crippen molar-refractivity contribution in [1.29, 1.82) is 0 Å². The average Bonchev–Trinajstić information content (AvgIpc) is 3.64. The number of nitrogens with one attached hydrogen (secondary N) is 1. The van der Waals surface area contributed by atoms with Crippen LogP contribution in [0.25, 0.3) is 11.3 Å². The lowest BCUT2D eigenvalue weighted by atomic mass is 9.87. The maximum absolute atomic E-state index is 12.8. The molecule has 4 aromatic rings. The summed E-state index contributed by atoms with van der Waals surface area (Å²) in [6.07, 6.45) is 3.97. The summed E-state index contributed by atoms with van der Waals surface area (Å²) in [4.78, 5) is 17.0. The molecule has 2 aliphatic heterocycles. The third-order valence-corrected chi connectivity index (χ3v) is 7.84. The molecule has 0 aliphatic carbocycles. The summed E-state index contributed by atoms with van der Waals surface area (Å²) in [6, 6.07) is 23.4. The van der Waals surface area contributed by atoms with Crippen molar-refractivity contribution < 1.29 is 23.1 Å². The lowest BCUT2D eigenvalue weighted by Gasteiger charge is -2.41. The fourth-order valence-electron chi connectivity index (χ4n) is 5.41. The molecule has 2 aromatic carbocycles. The molecule has 1 amide bonds. The second kappa shape index (κ2) is 11.7. The minimum Gasteiger partial charge on any atom is -0.485 e. The zero-order chi connectivity index (χ0) is 27.4. The highest BCUT2D eigenvalue weighted by Crippen LogP contribution is 2.41. The molecule has 2 aromatic heterocycles. The molecular weight excluding hydrogens is 530 g/mol. The van der Waals surface area contributed by atoms with Gasteiger partial charge >= 0.3 is 0 Å². The number of hydrogen-bond donors (Lipinski definition) is 1. The first-order valence-electron chi connectivity index (χ1n) is 13.6. The van der Waals surface area contributed by atoms with Crippen LogP contribution in [0.3, 0.4) is 0 Å². The standard InChI is InChI=1S/C31H32ClN3O5/c32-24-6-3-5-23(19-24)27-11-10-25(39-27)21-35-17-14-31(40-28-8-2-1-7-26(28)35)12-15-34(16-13-31)29(36)20-33-22-38-30-9-4-18-37-30/h1-11,18-19,33H,12-17,20-22H2. The number of carbonyl (C=O) groups is 1. The van der Waals surface area contributed by atoms with Crippen LogP contribution in [-0.4, -0.2) is 49.3 Å². The van der Waals surface area contributed by atoms with Crippen LogP contribution in [0.2, 0.25) is 5.02 Å². The van der Waals surface area contributed by atoms with E-state index in [1.165, 1.54) is 0 Å². The van der Waals surface area contributed by atoms with Crippen LogP contribution in [0, 0.1) is 0 Å². The number of ether oxygens (including phenoxy) is 2. The number of nitrogens with zero attached hydrogens (tertiary/aromatic N) is 2. The van der Waals surface area contributed by atoms with Crippen molar-refractivity contribution in [3.05, 3.63) is 89.8 Å². The van der Waals surface area contributed by atoms with Crippen molar-refractivity contribution in [3.8, 4) is 23.0 Å². The predicted octanol–water partition coefficient (Wildman–Crippen LogP) is 5.97. The van der Waals surface area contributed by atoms with Crippen molar-refractivity contribution in [2.45, 2.75) is 31.4 Å². The molecule has 0 saturated carbocycles. The zero-order valence-corrected chi connectivity index (χ0v) is 22.9. The lowest BCUT2D eigenvalue weighted by molar-refractivity contribution is -0.134. The van der Waals surface area contributed by atoms with Crippen LogP contribution in [-0.2, 0) is 11.3 Å². The number of halogens is 1. The summed E-state index contributed by atoms with van der Waals surface area (Å²) in [6.45, 7) is 3.19. The number of carbonyl (C=O) groups excluding carboxylic acids is 1. The van der Waals surface area contributed by atoms with E-state index in [4.69, 9.17) is 29.9 Å². The minimum absolute atomic E-state index is 0.0573. The molecule has 1 fully saturated rings. The normalized spacial score (nSPS) is 16.3. The number of fused-ring (bicyclic) bond motifs is 1. The molecule has 1 spiro atoms. The van der Waals surface area contributed by atoms with Gasteiger partial charge in [-0.2, -0.15) is 0 Å². The largest absolute Gasteiger partial charge is 0.485 e. The number of benzene rings is 2. The Morgan fingerprint density at radius 1 is 0.975 bits per heavy atom. The summed E-state index contributed by atoms with van der Waals surface area (Å²) < 4.78 is 23.5. The molecule has 0 radical (unpaired) electrons. The topological polar surface area (TPSA) is 80.3 Å². The fraction of sp³-hybridized carbons (Fsp3) is 0.323. The van der Waals surface area contributed by atoms with Crippen molar-refractivity contribution in [1.82, 2.24) is 10.2 Å². The summed E-state index contributed by atoms with van der Waals surface area (Å²) in [5.41, 5.74) is 1.70. The Labute approximate surface area is 238 Å². The zero-order valence-electron chi connectivity index (χ0n) is 22.2. The Morgan fingerprint density at radius 2 is 1.82 bits per heavy atom. The molecule has 208 valence electrons. The number of anilines is 1. The Hall–Kier alpha value is -3.88. The summed E-state index contributed by atoms with van der Waals surface area (Å²) in [5, 5.41) is 3.71. The SMILES string of the molecule is O=C(CNCOc1ccco1)N1CCC2(CC1)CCN(Cc1ccc(-c3cccc(Cl)c3)o1)c1ccccc1O2. The van der Waals surface area contributed by atoms with Crippen molar-refractivity contribution in [2.75, 3.05) is 37.8 Å². The van der Waals surface area contributed by atoms with Gasteiger partial charge in [-0.1, -0.05) is 35.9 Å². The molecule has 2 aliphatic rings. The third kappa shape index (κ3) is 5.98. The quantitative estimate of drug-likeness (QED) is 0.210. The smallest absolute Gasteiger partial charge is 0.285 e. The molecule has 1 saturated heterocycles. The average molecular weight is 562 g/mol. The van der Waals surface area contributed by atoms with Gasteiger partial charge < -0.3 is 28.1 Å². The van der Waals surface area contributed by atoms with E-state index in [0.29, 0.717) is 30.6 Å². The summed E-state index contributed by atoms with van der Waals surface area (Å²) >= 11 is 6.18. The van der Waals surface area contributed by atoms with Gasteiger partial charge in [0.05, 0.1) is 25.0 Å². The summed E-state index contributed by atoms with van der Waals surface area (Å²) in [5.74, 6) is 3.03. The number of likely N-dealkylation sites (tertiary alicyclic amines) is 1. The van der Waals surface area contributed by atoms with Crippen LogP contribution in [0.15, 0.2) is 87.9 Å². The number of piperidine rings is 1. The number of para-hydroxylation sites is 2. The van der Waals surface area contributed by atoms with E-state index in [0.717, 1.165) is 54.3 Å². The first kappa shape index (κ1) is 26.3. The van der Waals surface area contributed by atoms with E-state index >= 15 is 0 Å². The predicted molar refractivity (Wildman–Crippen MR) is 153 cm³/mol. The minimum atomic E-state index is -0.313. The van der Waals surface area contributed by atoms with E-state index < -0.39 is 0 Å². The second-order valence-electron chi connectivity index (χ2n) is 10.2. The summed E-state index contributed by atoms with van der Waals surface area (Å²) in [7, 11) is 0. The Morgan fingerprint density at radius 3 is 2.65 bits per heavy atom. The second-order valence-corrected chi connectivity index (χ2v) is 10.7. The monoisotopic (exact) mass is 561 g/mol. The van der Waals surface area contributed by atoms with Crippen LogP contribution in [0.1, 0.15) is 25.0 Å². The van der Waals surface area contributed by atoms with Crippen molar-refractivity contribution >= 4 is 23.2 Å². The first-order valence-corrected chi connectivity index (χ1v) is 14.0. The van der Waals surface area contributed by atoms with E-state index in [1.807, 2.05) is 59.5 Å². The van der Waals surface area contributed by atoms with E-state index in [2.05, 4.69) is 16.3 Å². The molecule has 6 rings (SSSR count). The van der Waals surface area contributed by atoms with Crippen LogP contribution < -0.4 is 19.7 Å². The van der Waals surface area contributed by atoms with Crippen LogP contribution in [0.5, 0.6) is 11.7 Å². The van der Waals surface area contributed by atoms with Gasteiger partial charge in [-0.25, -0.2) is 0 Å². The molecule has 0 bridgehead atoms. The van der Waals surface area contributed by atoms with Crippen molar-refractivity contribution in [3.63, 3.8) is 0 Å². The molecule has 0 atom stereocenters. The van der Waals surface area contributed by atoms with Crippen LogP contribution in [0.4, 0.5) is 5.69 Å². The van der Waals surface area contributed by atoms with Gasteiger partial charge in [0.25, 0.3) is 5.95 Å². The maximum atomic E-state index is 12.8. The number of hydrogen-bond acceptors (Lipinski definition) is 7. The van der Waals surface area contributed by atoms with E-state index in [9.17, 15) is 4.79 Å². The lowest BCUT2D eigenvalue weighted by Crippen LogP contribution is -2.51.